The standard InChI is InChI=1S/C16H11F3N2O3/c1-23-15(22)10-5-2-3-6-11(10)21-12(13-7-4-8-24-13)9-14(20-21)16(17,18)19/h2-9H,1H3. The molecule has 0 saturated heterocycles. The summed E-state index contributed by atoms with van der Waals surface area (Å²) in [7, 11) is 1.19. The fraction of sp³-hybridized carbons (Fsp3) is 0.125. The molecule has 0 radical (unpaired) electrons. The predicted octanol–water partition coefficient (Wildman–Crippen LogP) is 3.94. The minimum absolute atomic E-state index is 0.0729. The summed E-state index contributed by atoms with van der Waals surface area (Å²) < 4.78 is 50.1. The van der Waals surface area contributed by atoms with Gasteiger partial charge in [0.05, 0.1) is 24.6 Å². The zero-order valence-corrected chi connectivity index (χ0v) is 12.4. The molecule has 0 spiro atoms. The third-order valence-corrected chi connectivity index (χ3v) is 3.31. The summed E-state index contributed by atoms with van der Waals surface area (Å²) in [5, 5.41) is 3.61. The van der Waals surface area contributed by atoms with Crippen LogP contribution in [0.3, 0.4) is 0 Å². The highest BCUT2D eigenvalue weighted by Gasteiger charge is 2.36. The number of methoxy groups -OCH3 is 1. The summed E-state index contributed by atoms with van der Waals surface area (Å²) >= 11 is 0. The molecule has 0 unspecified atom stereocenters. The highest BCUT2D eigenvalue weighted by molar-refractivity contribution is 5.93. The van der Waals surface area contributed by atoms with Crippen molar-refractivity contribution < 1.29 is 27.1 Å². The van der Waals surface area contributed by atoms with E-state index in [2.05, 4.69) is 9.84 Å². The van der Waals surface area contributed by atoms with E-state index in [0.717, 1.165) is 10.7 Å². The first kappa shape index (κ1) is 15.9. The second-order valence-corrected chi connectivity index (χ2v) is 4.81. The second kappa shape index (κ2) is 5.88. The molecule has 8 heteroatoms. The third kappa shape index (κ3) is 2.78. The van der Waals surface area contributed by atoms with E-state index in [0.29, 0.717) is 0 Å². The Labute approximate surface area is 134 Å². The maximum atomic E-state index is 13.1. The Morgan fingerprint density at radius 1 is 1.21 bits per heavy atom. The summed E-state index contributed by atoms with van der Waals surface area (Å²) in [6, 6.07) is 10.0. The number of furan rings is 1. The Bertz CT molecular complexity index is 867. The van der Waals surface area contributed by atoms with Crippen molar-refractivity contribution in [3.8, 4) is 17.1 Å². The molecule has 3 rings (SSSR count). The van der Waals surface area contributed by atoms with E-state index in [4.69, 9.17) is 4.42 Å². The van der Waals surface area contributed by atoms with Gasteiger partial charge in [-0.2, -0.15) is 18.3 Å². The molecule has 0 aliphatic rings. The average Bonchev–Trinajstić information content (AvgIpc) is 3.22. The highest BCUT2D eigenvalue weighted by Crippen LogP contribution is 2.34. The van der Waals surface area contributed by atoms with Crippen molar-refractivity contribution in [1.82, 2.24) is 9.78 Å². The number of ether oxygens (including phenoxy) is 1. The molecule has 2 heterocycles. The smallest absolute Gasteiger partial charge is 0.435 e. The van der Waals surface area contributed by atoms with Gasteiger partial charge in [0.1, 0.15) is 5.69 Å². The fourth-order valence-electron chi connectivity index (χ4n) is 2.24. The molecule has 24 heavy (non-hydrogen) atoms. The molecule has 0 bridgehead atoms. The topological polar surface area (TPSA) is 57.3 Å². The monoisotopic (exact) mass is 336 g/mol. The van der Waals surface area contributed by atoms with Gasteiger partial charge in [0.25, 0.3) is 0 Å². The van der Waals surface area contributed by atoms with Crippen LogP contribution >= 0.6 is 0 Å². The van der Waals surface area contributed by atoms with E-state index in [1.54, 1.807) is 18.2 Å². The van der Waals surface area contributed by atoms with E-state index < -0.39 is 17.8 Å². The van der Waals surface area contributed by atoms with Crippen molar-refractivity contribution in [1.29, 1.82) is 0 Å². The highest BCUT2D eigenvalue weighted by atomic mass is 19.4. The van der Waals surface area contributed by atoms with Crippen molar-refractivity contribution in [3.63, 3.8) is 0 Å². The lowest BCUT2D eigenvalue weighted by molar-refractivity contribution is -0.141. The lowest BCUT2D eigenvalue weighted by Gasteiger charge is -2.10. The Morgan fingerprint density at radius 3 is 2.58 bits per heavy atom. The number of hydrogen-bond donors (Lipinski definition) is 0. The number of carbonyl (C=O) groups is 1. The van der Waals surface area contributed by atoms with E-state index >= 15 is 0 Å². The van der Waals surface area contributed by atoms with Crippen LogP contribution < -0.4 is 0 Å². The molecular weight excluding hydrogens is 325 g/mol. The lowest BCUT2D eigenvalue weighted by Crippen LogP contribution is -2.11. The molecule has 0 aliphatic heterocycles. The van der Waals surface area contributed by atoms with Crippen LogP contribution in [0.1, 0.15) is 16.1 Å². The lowest BCUT2D eigenvalue weighted by atomic mass is 10.1. The zero-order valence-electron chi connectivity index (χ0n) is 12.4. The third-order valence-electron chi connectivity index (χ3n) is 3.31. The van der Waals surface area contributed by atoms with Gasteiger partial charge < -0.3 is 9.15 Å². The van der Waals surface area contributed by atoms with Gasteiger partial charge in [0.2, 0.25) is 0 Å². The van der Waals surface area contributed by atoms with Crippen LogP contribution in [0.5, 0.6) is 0 Å². The minimum Gasteiger partial charge on any atom is -0.465 e. The Kier molecular flexibility index (Phi) is 3.88. The molecule has 1 aromatic carbocycles. The molecule has 5 nitrogen and oxygen atoms in total. The number of hydrogen-bond acceptors (Lipinski definition) is 4. The fourth-order valence-corrected chi connectivity index (χ4v) is 2.24. The molecular formula is C16H11F3N2O3. The van der Waals surface area contributed by atoms with Gasteiger partial charge in [0.15, 0.2) is 11.5 Å². The number of aromatic nitrogens is 2. The first-order valence-corrected chi connectivity index (χ1v) is 6.80. The van der Waals surface area contributed by atoms with Gasteiger partial charge in [0, 0.05) is 6.07 Å². The normalized spacial score (nSPS) is 11.5. The quantitative estimate of drug-likeness (QED) is 0.680. The van der Waals surface area contributed by atoms with Crippen LogP contribution in [-0.2, 0) is 10.9 Å². The van der Waals surface area contributed by atoms with Crippen molar-refractivity contribution in [2.75, 3.05) is 7.11 Å². The molecule has 0 amide bonds. The number of para-hydroxylation sites is 1. The molecule has 2 aromatic heterocycles. The number of rotatable bonds is 3. The molecule has 0 fully saturated rings. The van der Waals surface area contributed by atoms with Crippen LogP contribution in [0.15, 0.2) is 53.1 Å². The van der Waals surface area contributed by atoms with Crippen LogP contribution in [0.2, 0.25) is 0 Å². The number of benzene rings is 1. The van der Waals surface area contributed by atoms with E-state index in [9.17, 15) is 18.0 Å². The predicted molar refractivity (Wildman–Crippen MR) is 77.6 cm³/mol. The number of halogens is 3. The number of nitrogens with zero attached hydrogens (tertiary/aromatic N) is 2. The minimum atomic E-state index is -4.63. The summed E-state index contributed by atoms with van der Waals surface area (Å²) in [6.45, 7) is 0. The number of carbonyl (C=O) groups excluding carboxylic acids is 1. The average molecular weight is 336 g/mol. The van der Waals surface area contributed by atoms with Crippen LogP contribution in [-0.4, -0.2) is 22.9 Å². The van der Waals surface area contributed by atoms with Gasteiger partial charge in [-0.1, -0.05) is 12.1 Å². The van der Waals surface area contributed by atoms with E-state index in [1.165, 1.54) is 31.6 Å². The molecule has 124 valence electrons. The van der Waals surface area contributed by atoms with Crippen molar-refractivity contribution in [2.45, 2.75) is 6.18 Å². The van der Waals surface area contributed by atoms with Gasteiger partial charge >= 0.3 is 12.1 Å². The first-order chi connectivity index (χ1) is 11.4. The summed E-state index contributed by atoms with van der Waals surface area (Å²) in [5.41, 5.74) is -0.770. The van der Waals surface area contributed by atoms with E-state index in [-0.39, 0.29) is 22.7 Å². The van der Waals surface area contributed by atoms with Crippen LogP contribution in [0.25, 0.3) is 17.1 Å². The molecule has 0 atom stereocenters. The Hall–Kier alpha value is -3.03. The maximum absolute atomic E-state index is 13.1. The van der Waals surface area contributed by atoms with Crippen molar-refractivity contribution in [3.05, 3.63) is 60.0 Å². The van der Waals surface area contributed by atoms with Gasteiger partial charge in [-0.25, -0.2) is 9.48 Å². The first-order valence-electron chi connectivity index (χ1n) is 6.80. The number of alkyl halides is 3. The molecule has 0 N–H and O–H groups in total. The van der Waals surface area contributed by atoms with Gasteiger partial charge in [-0.15, -0.1) is 0 Å². The zero-order chi connectivity index (χ0) is 17.3. The number of esters is 1. The summed E-state index contributed by atoms with van der Waals surface area (Å²) in [4.78, 5) is 11.9. The largest absolute Gasteiger partial charge is 0.465 e. The van der Waals surface area contributed by atoms with Crippen molar-refractivity contribution >= 4 is 5.97 Å². The van der Waals surface area contributed by atoms with Crippen LogP contribution in [0, 0.1) is 0 Å². The molecule has 0 aliphatic carbocycles. The Morgan fingerprint density at radius 2 is 1.96 bits per heavy atom. The summed E-state index contributed by atoms with van der Waals surface area (Å²) in [6.07, 6.45) is -3.29. The van der Waals surface area contributed by atoms with Gasteiger partial charge in [-0.3, -0.25) is 0 Å². The SMILES string of the molecule is COC(=O)c1ccccc1-n1nc(C(F)(F)F)cc1-c1ccco1. The Balaban J connectivity index is 2.25. The van der Waals surface area contributed by atoms with Gasteiger partial charge in [-0.05, 0) is 24.3 Å². The van der Waals surface area contributed by atoms with Crippen molar-refractivity contribution in [2.24, 2.45) is 0 Å². The van der Waals surface area contributed by atoms with E-state index in [1.807, 2.05) is 0 Å². The second-order valence-electron chi connectivity index (χ2n) is 4.81. The van der Waals surface area contributed by atoms with Crippen LogP contribution in [0.4, 0.5) is 13.2 Å². The summed E-state index contributed by atoms with van der Waals surface area (Å²) in [5.74, 6) is -0.488. The maximum Gasteiger partial charge on any atom is 0.435 e. The molecule has 3 aromatic rings. The molecule has 0 saturated carbocycles.